The van der Waals surface area contributed by atoms with Gasteiger partial charge in [-0.3, -0.25) is 10.1 Å². The van der Waals surface area contributed by atoms with E-state index in [1.807, 2.05) is 30.3 Å². The van der Waals surface area contributed by atoms with Crippen LogP contribution in [0.5, 0.6) is 0 Å². The van der Waals surface area contributed by atoms with Crippen LogP contribution in [0.4, 0.5) is 4.79 Å². The number of urea groups is 1. The van der Waals surface area contributed by atoms with Crippen LogP contribution in [0.15, 0.2) is 30.3 Å². The van der Waals surface area contributed by atoms with Gasteiger partial charge in [-0.25, -0.2) is 4.79 Å². The first-order valence-electron chi connectivity index (χ1n) is 6.46. The molecule has 19 heavy (non-hydrogen) atoms. The number of aliphatic hydroxyl groups is 1. The summed E-state index contributed by atoms with van der Waals surface area (Å²) in [5, 5.41) is 11.7. The minimum absolute atomic E-state index is 0.197. The summed E-state index contributed by atoms with van der Waals surface area (Å²) in [4.78, 5) is 25.1. The molecule has 3 amide bonds. The van der Waals surface area contributed by atoms with E-state index in [0.717, 1.165) is 5.56 Å². The zero-order valence-electron chi connectivity index (χ0n) is 10.7. The molecule has 2 N–H and O–H groups in total. The minimum atomic E-state index is -0.368. The number of rotatable bonds is 2. The number of carbonyl (C=O) groups excluding carboxylic acids is 2. The van der Waals surface area contributed by atoms with E-state index in [9.17, 15) is 14.7 Å². The number of benzene rings is 1. The number of nitrogens with one attached hydrogen (secondary N) is 1. The molecule has 1 aliphatic heterocycles. The molecule has 5 heteroatoms. The number of hydrogen-bond donors (Lipinski definition) is 2. The van der Waals surface area contributed by atoms with Crippen molar-refractivity contribution in [3.63, 3.8) is 0 Å². The van der Waals surface area contributed by atoms with Gasteiger partial charge >= 0.3 is 6.03 Å². The topological polar surface area (TPSA) is 69.6 Å². The van der Waals surface area contributed by atoms with Gasteiger partial charge in [0.1, 0.15) is 0 Å². The fourth-order valence-corrected chi connectivity index (χ4v) is 2.09. The average molecular weight is 262 g/mol. The predicted octanol–water partition coefficient (Wildman–Crippen LogP) is 0.922. The second-order valence-electron chi connectivity index (χ2n) is 4.73. The third-order valence-electron chi connectivity index (χ3n) is 3.21. The first kappa shape index (κ1) is 13.5. The summed E-state index contributed by atoms with van der Waals surface area (Å²) in [6.07, 6.45) is 1.01. The lowest BCUT2D eigenvalue weighted by Gasteiger charge is -2.29. The Morgan fingerprint density at radius 3 is 2.47 bits per heavy atom. The summed E-state index contributed by atoms with van der Waals surface area (Å²) in [6.45, 7) is 0.983. The number of nitrogens with zero attached hydrogens (tertiary/aromatic N) is 1. The molecule has 1 aromatic rings. The molecular formula is C14H18N2O3. The third kappa shape index (κ3) is 4.06. The molecule has 1 saturated heterocycles. The zero-order chi connectivity index (χ0) is 13.7. The average Bonchev–Trinajstić information content (AvgIpc) is 2.40. The molecule has 5 nitrogen and oxygen atoms in total. The molecule has 0 bridgehead atoms. The Morgan fingerprint density at radius 1 is 1.21 bits per heavy atom. The highest BCUT2D eigenvalue weighted by Gasteiger charge is 2.22. The Bertz CT molecular complexity index is 439. The predicted molar refractivity (Wildman–Crippen MR) is 70.5 cm³/mol. The fourth-order valence-electron chi connectivity index (χ4n) is 2.09. The molecular weight excluding hydrogens is 244 g/mol. The number of carbonyl (C=O) groups is 2. The summed E-state index contributed by atoms with van der Waals surface area (Å²) in [5.41, 5.74) is 0.877. The molecule has 1 fully saturated rings. The second kappa shape index (κ2) is 6.33. The van der Waals surface area contributed by atoms with Crippen molar-refractivity contribution >= 4 is 11.9 Å². The van der Waals surface area contributed by atoms with Crippen molar-refractivity contribution in [2.45, 2.75) is 25.4 Å². The minimum Gasteiger partial charge on any atom is -0.393 e. The Kier molecular flexibility index (Phi) is 4.52. The Balaban J connectivity index is 1.80. The lowest BCUT2D eigenvalue weighted by molar-refractivity contribution is -0.119. The van der Waals surface area contributed by atoms with Crippen molar-refractivity contribution in [2.75, 3.05) is 13.1 Å². The number of aliphatic hydroxyl groups excluding tert-OH is 1. The van der Waals surface area contributed by atoms with Crippen molar-refractivity contribution in [1.29, 1.82) is 0 Å². The molecule has 0 saturated carbocycles. The van der Waals surface area contributed by atoms with E-state index in [1.165, 1.54) is 0 Å². The quantitative estimate of drug-likeness (QED) is 0.832. The highest BCUT2D eigenvalue weighted by molar-refractivity contribution is 5.95. The molecule has 0 aromatic heterocycles. The van der Waals surface area contributed by atoms with Gasteiger partial charge in [-0.15, -0.1) is 0 Å². The molecule has 0 unspecified atom stereocenters. The van der Waals surface area contributed by atoms with E-state index in [0.29, 0.717) is 25.9 Å². The monoisotopic (exact) mass is 262 g/mol. The summed E-state index contributed by atoms with van der Waals surface area (Å²) in [5.74, 6) is -0.303. The molecule has 0 radical (unpaired) electrons. The van der Waals surface area contributed by atoms with Gasteiger partial charge < -0.3 is 10.0 Å². The number of imide groups is 1. The first-order valence-corrected chi connectivity index (χ1v) is 6.46. The van der Waals surface area contributed by atoms with Gasteiger partial charge in [0.15, 0.2) is 0 Å². The number of piperidine rings is 1. The van der Waals surface area contributed by atoms with Crippen LogP contribution < -0.4 is 5.32 Å². The number of hydrogen-bond acceptors (Lipinski definition) is 3. The number of likely N-dealkylation sites (tertiary alicyclic amines) is 1. The SMILES string of the molecule is O=C(Cc1ccccc1)NC(=O)N1CCC(O)CC1. The number of amides is 3. The van der Waals surface area contributed by atoms with Gasteiger partial charge in [-0.1, -0.05) is 30.3 Å². The standard InChI is InChI=1S/C14H18N2O3/c17-12-6-8-16(9-7-12)14(19)15-13(18)10-11-4-2-1-3-5-11/h1-5,12,17H,6-10H2,(H,15,18,19). The van der Waals surface area contributed by atoms with Crippen LogP contribution >= 0.6 is 0 Å². The maximum absolute atomic E-state index is 11.8. The van der Waals surface area contributed by atoms with Crippen molar-refractivity contribution in [3.8, 4) is 0 Å². The molecule has 0 aliphatic carbocycles. The van der Waals surface area contributed by atoms with Crippen LogP contribution in [0.2, 0.25) is 0 Å². The fraction of sp³-hybridized carbons (Fsp3) is 0.429. The maximum atomic E-state index is 11.8. The van der Waals surface area contributed by atoms with E-state index in [2.05, 4.69) is 5.32 Å². The zero-order valence-corrected chi connectivity index (χ0v) is 10.7. The normalized spacial score (nSPS) is 16.2. The Hall–Kier alpha value is -1.88. The van der Waals surface area contributed by atoms with Gasteiger partial charge in [0.05, 0.1) is 12.5 Å². The molecule has 1 heterocycles. The summed E-state index contributed by atoms with van der Waals surface area (Å²) < 4.78 is 0. The Labute approximate surface area is 112 Å². The molecule has 2 rings (SSSR count). The van der Waals surface area contributed by atoms with Crippen molar-refractivity contribution in [3.05, 3.63) is 35.9 Å². The van der Waals surface area contributed by atoms with E-state index < -0.39 is 0 Å². The van der Waals surface area contributed by atoms with Gasteiger partial charge in [0.2, 0.25) is 5.91 Å². The van der Waals surface area contributed by atoms with Crippen LogP contribution in [-0.4, -0.2) is 41.1 Å². The molecule has 0 atom stereocenters. The van der Waals surface area contributed by atoms with E-state index in [4.69, 9.17) is 0 Å². The van der Waals surface area contributed by atoms with Crippen LogP contribution in [0, 0.1) is 0 Å². The Morgan fingerprint density at radius 2 is 1.84 bits per heavy atom. The maximum Gasteiger partial charge on any atom is 0.324 e. The van der Waals surface area contributed by atoms with Crippen LogP contribution in [0.1, 0.15) is 18.4 Å². The summed E-state index contributed by atoms with van der Waals surface area (Å²) in [7, 11) is 0. The highest BCUT2D eigenvalue weighted by atomic mass is 16.3. The van der Waals surface area contributed by atoms with Gasteiger partial charge in [-0.2, -0.15) is 0 Å². The smallest absolute Gasteiger partial charge is 0.324 e. The van der Waals surface area contributed by atoms with Crippen LogP contribution in [0.3, 0.4) is 0 Å². The third-order valence-corrected chi connectivity index (χ3v) is 3.21. The van der Waals surface area contributed by atoms with Crippen molar-refractivity contribution in [1.82, 2.24) is 10.2 Å². The first-order chi connectivity index (χ1) is 9.15. The highest BCUT2D eigenvalue weighted by Crippen LogP contribution is 2.09. The van der Waals surface area contributed by atoms with Gasteiger partial charge in [0, 0.05) is 13.1 Å². The summed E-state index contributed by atoms with van der Waals surface area (Å²) >= 11 is 0. The van der Waals surface area contributed by atoms with E-state index in [1.54, 1.807) is 4.90 Å². The molecule has 1 aromatic carbocycles. The van der Waals surface area contributed by atoms with Crippen molar-refractivity contribution in [2.24, 2.45) is 0 Å². The summed E-state index contributed by atoms with van der Waals surface area (Å²) in [6, 6.07) is 8.93. The van der Waals surface area contributed by atoms with Crippen LogP contribution in [0.25, 0.3) is 0 Å². The van der Waals surface area contributed by atoms with E-state index >= 15 is 0 Å². The largest absolute Gasteiger partial charge is 0.393 e. The van der Waals surface area contributed by atoms with Gasteiger partial charge in [0.25, 0.3) is 0 Å². The van der Waals surface area contributed by atoms with Crippen molar-refractivity contribution < 1.29 is 14.7 Å². The van der Waals surface area contributed by atoms with E-state index in [-0.39, 0.29) is 24.5 Å². The lowest BCUT2D eigenvalue weighted by Crippen LogP contribution is -2.47. The molecule has 1 aliphatic rings. The lowest BCUT2D eigenvalue weighted by atomic mass is 10.1. The van der Waals surface area contributed by atoms with Crippen LogP contribution in [-0.2, 0) is 11.2 Å². The van der Waals surface area contributed by atoms with Gasteiger partial charge in [-0.05, 0) is 18.4 Å². The second-order valence-corrected chi connectivity index (χ2v) is 4.73. The molecule has 102 valence electrons. The molecule has 0 spiro atoms.